The Labute approximate surface area is 204 Å². The molecule has 1 saturated carbocycles. The summed E-state index contributed by atoms with van der Waals surface area (Å²) >= 11 is 0. The molecule has 1 aliphatic carbocycles. The standard InChI is InChI=1S/C26H33F2N5O2/c1-5-6-18-14-32(13-16(18)3)25(34)19-12-20-21(11-15(19)2)33-22(17-7-9-26(27,28)10-8-17)30-31-23(33)24(29-20)35-4/h5-6,11-12,16-18,24,29H,7-10,13-14H2,1-4H3/b6-5-. The van der Waals surface area contributed by atoms with Gasteiger partial charge in [0.15, 0.2) is 12.1 Å². The number of alkyl halides is 2. The number of fused-ring (bicyclic) bond motifs is 3. The zero-order valence-electron chi connectivity index (χ0n) is 20.7. The molecule has 0 bridgehead atoms. The van der Waals surface area contributed by atoms with Crippen molar-refractivity contribution in [2.24, 2.45) is 11.8 Å². The number of nitrogens with zero attached hydrogens (tertiary/aromatic N) is 4. The van der Waals surface area contributed by atoms with Gasteiger partial charge in [-0.2, -0.15) is 0 Å². The van der Waals surface area contributed by atoms with Gasteiger partial charge in [0.25, 0.3) is 5.91 Å². The highest BCUT2D eigenvalue weighted by Gasteiger charge is 2.40. The van der Waals surface area contributed by atoms with Crippen molar-refractivity contribution in [3.63, 3.8) is 0 Å². The van der Waals surface area contributed by atoms with Gasteiger partial charge in [0, 0.05) is 44.5 Å². The Hall–Kier alpha value is -2.81. The Morgan fingerprint density at radius 2 is 1.91 bits per heavy atom. The van der Waals surface area contributed by atoms with E-state index >= 15 is 0 Å². The summed E-state index contributed by atoms with van der Waals surface area (Å²) in [5.74, 6) is -0.646. The maximum Gasteiger partial charge on any atom is 0.254 e. The average Bonchev–Trinajstić information content (AvgIpc) is 3.43. The lowest BCUT2D eigenvalue weighted by molar-refractivity contribution is -0.0389. The molecular formula is C26H33F2N5O2. The summed E-state index contributed by atoms with van der Waals surface area (Å²) in [6.45, 7) is 7.56. The molecule has 0 spiro atoms. The van der Waals surface area contributed by atoms with E-state index in [0.717, 1.165) is 23.5 Å². The van der Waals surface area contributed by atoms with Crippen LogP contribution >= 0.6 is 0 Å². The third kappa shape index (κ3) is 4.24. The van der Waals surface area contributed by atoms with Crippen molar-refractivity contribution >= 4 is 11.6 Å². The lowest BCUT2D eigenvalue weighted by Crippen LogP contribution is -2.31. The van der Waals surface area contributed by atoms with Gasteiger partial charge in [-0.25, -0.2) is 8.78 Å². The third-order valence-electron chi connectivity index (χ3n) is 7.76. The molecule has 5 rings (SSSR count). The minimum Gasteiger partial charge on any atom is -0.354 e. The zero-order chi connectivity index (χ0) is 24.9. The second-order valence-corrected chi connectivity index (χ2v) is 10.2. The van der Waals surface area contributed by atoms with Gasteiger partial charge in [-0.1, -0.05) is 19.1 Å². The van der Waals surface area contributed by atoms with Gasteiger partial charge >= 0.3 is 0 Å². The summed E-state index contributed by atoms with van der Waals surface area (Å²) in [5.41, 5.74) is 3.07. The minimum absolute atomic E-state index is 0.0178. The normalized spacial score (nSPS) is 26.0. The van der Waals surface area contributed by atoms with Crippen molar-refractivity contribution in [1.29, 1.82) is 0 Å². The van der Waals surface area contributed by atoms with Crippen LogP contribution in [-0.4, -0.2) is 51.7 Å². The van der Waals surface area contributed by atoms with E-state index in [9.17, 15) is 13.6 Å². The van der Waals surface area contributed by atoms with Crippen LogP contribution in [0.15, 0.2) is 24.3 Å². The van der Waals surface area contributed by atoms with Gasteiger partial charge in [0.05, 0.1) is 11.4 Å². The molecule has 2 aliphatic heterocycles. The quantitative estimate of drug-likeness (QED) is 0.601. The average molecular weight is 486 g/mol. The monoisotopic (exact) mass is 485 g/mol. The molecule has 1 N–H and O–H groups in total. The highest BCUT2D eigenvalue weighted by Crippen LogP contribution is 2.43. The van der Waals surface area contributed by atoms with Crippen LogP contribution in [-0.2, 0) is 4.74 Å². The number of methoxy groups -OCH3 is 1. The van der Waals surface area contributed by atoms with Crippen LogP contribution < -0.4 is 5.32 Å². The highest BCUT2D eigenvalue weighted by atomic mass is 19.3. The number of amides is 1. The van der Waals surface area contributed by atoms with Gasteiger partial charge in [0.2, 0.25) is 5.92 Å². The first-order chi connectivity index (χ1) is 16.7. The van der Waals surface area contributed by atoms with Gasteiger partial charge < -0.3 is 15.0 Å². The molecular weight excluding hydrogens is 452 g/mol. The second kappa shape index (κ2) is 9.00. The fourth-order valence-electron chi connectivity index (χ4n) is 5.71. The fourth-order valence-corrected chi connectivity index (χ4v) is 5.71. The number of aryl methyl sites for hydroxylation is 1. The number of likely N-dealkylation sites (tertiary alicyclic amines) is 1. The summed E-state index contributed by atoms with van der Waals surface area (Å²) in [5, 5.41) is 12.1. The molecule has 2 aromatic rings. The third-order valence-corrected chi connectivity index (χ3v) is 7.76. The van der Waals surface area contributed by atoms with Crippen molar-refractivity contribution < 1.29 is 18.3 Å². The predicted octanol–water partition coefficient (Wildman–Crippen LogP) is 5.22. The van der Waals surface area contributed by atoms with E-state index in [-0.39, 0.29) is 24.7 Å². The van der Waals surface area contributed by atoms with Crippen molar-refractivity contribution in [3.8, 4) is 5.69 Å². The Kier molecular flexibility index (Phi) is 6.15. The molecule has 3 heterocycles. The zero-order valence-corrected chi connectivity index (χ0v) is 20.7. The molecule has 1 aromatic heterocycles. The number of hydrogen-bond donors (Lipinski definition) is 1. The first-order valence-electron chi connectivity index (χ1n) is 12.4. The topological polar surface area (TPSA) is 72.3 Å². The van der Waals surface area contributed by atoms with E-state index < -0.39 is 12.2 Å². The summed E-state index contributed by atoms with van der Waals surface area (Å²) in [4.78, 5) is 15.4. The van der Waals surface area contributed by atoms with Gasteiger partial charge in [-0.3, -0.25) is 9.36 Å². The molecule has 3 aliphatic rings. The number of hydrogen-bond acceptors (Lipinski definition) is 5. The molecule has 1 aromatic carbocycles. The first-order valence-corrected chi connectivity index (χ1v) is 12.4. The summed E-state index contributed by atoms with van der Waals surface area (Å²) < 4.78 is 35.2. The summed E-state index contributed by atoms with van der Waals surface area (Å²) in [6.07, 6.45) is 4.11. The van der Waals surface area contributed by atoms with Crippen LogP contribution in [0.5, 0.6) is 0 Å². The number of benzene rings is 1. The Bertz CT molecular complexity index is 1150. The molecule has 9 heteroatoms. The lowest BCUT2D eigenvalue weighted by atomic mass is 9.86. The van der Waals surface area contributed by atoms with E-state index in [0.29, 0.717) is 48.4 Å². The molecule has 1 amide bonds. The molecule has 7 nitrogen and oxygen atoms in total. The molecule has 2 fully saturated rings. The maximum atomic E-state index is 13.8. The van der Waals surface area contributed by atoms with Crippen LogP contribution in [0.3, 0.4) is 0 Å². The Balaban J connectivity index is 1.50. The van der Waals surface area contributed by atoms with Crippen LogP contribution in [0.4, 0.5) is 14.5 Å². The largest absolute Gasteiger partial charge is 0.354 e. The fraction of sp³-hybridized carbons (Fsp3) is 0.577. The van der Waals surface area contributed by atoms with E-state index in [1.54, 1.807) is 7.11 Å². The van der Waals surface area contributed by atoms with Gasteiger partial charge in [-0.15, -0.1) is 10.2 Å². The van der Waals surface area contributed by atoms with Gasteiger partial charge in [-0.05, 0) is 56.2 Å². The molecule has 3 atom stereocenters. The minimum atomic E-state index is -2.61. The number of ether oxygens (including phenoxy) is 1. The van der Waals surface area contributed by atoms with Crippen LogP contribution in [0.1, 0.15) is 79.2 Å². The second-order valence-electron chi connectivity index (χ2n) is 10.2. The Morgan fingerprint density at radius 3 is 2.60 bits per heavy atom. The number of carbonyl (C=O) groups is 1. The Morgan fingerprint density at radius 1 is 1.20 bits per heavy atom. The first kappa shape index (κ1) is 23.9. The van der Waals surface area contributed by atoms with E-state index in [1.807, 2.05) is 35.4 Å². The number of halogens is 2. The SMILES string of the molecule is C/C=C\C1CN(C(=O)c2cc3c(cc2C)-n2c(C4CCC(F)(F)CC4)nnc2C(OC)N3)CC1C. The molecule has 0 radical (unpaired) electrons. The number of rotatable bonds is 4. The van der Waals surface area contributed by atoms with E-state index in [1.165, 1.54) is 0 Å². The summed E-state index contributed by atoms with van der Waals surface area (Å²) in [7, 11) is 1.58. The van der Waals surface area contributed by atoms with Crippen LogP contribution in [0.2, 0.25) is 0 Å². The molecule has 3 unspecified atom stereocenters. The summed E-state index contributed by atoms with van der Waals surface area (Å²) in [6, 6.07) is 3.85. The number of anilines is 1. The predicted molar refractivity (Wildman–Crippen MR) is 129 cm³/mol. The van der Waals surface area contributed by atoms with E-state index in [4.69, 9.17) is 4.74 Å². The number of carbonyl (C=O) groups excluding carboxylic acids is 1. The molecule has 188 valence electrons. The van der Waals surface area contributed by atoms with Gasteiger partial charge in [0.1, 0.15) is 5.82 Å². The molecule has 1 saturated heterocycles. The van der Waals surface area contributed by atoms with Crippen molar-refractivity contribution in [2.45, 2.75) is 64.5 Å². The molecule has 35 heavy (non-hydrogen) atoms. The lowest BCUT2D eigenvalue weighted by Gasteiger charge is -2.31. The maximum absolute atomic E-state index is 13.8. The van der Waals surface area contributed by atoms with Crippen molar-refractivity contribution in [3.05, 3.63) is 47.1 Å². The smallest absolute Gasteiger partial charge is 0.254 e. The van der Waals surface area contributed by atoms with Crippen molar-refractivity contribution in [2.75, 3.05) is 25.5 Å². The van der Waals surface area contributed by atoms with Crippen molar-refractivity contribution in [1.82, 2.24) is 19.7 Å². The van der Waals surface area contributed by atoms with Crippen LogP contribution in [0.25, 0.3) is 5.69 Å². The number of allylic oxidation sites excluding steroid dienone is 1. The highest BCUT2D eigenvalue weighted by molar-refractivity contribution is 5.97. The number of nitrogens with one attached hydrogen (secondary N) is 1. The van der Waals surface area contributed by atoms with E-state index in [2.05, 4.69) is 34.6 Å². The van der Waals surface area contributed by atoms with Crippen LogP contribution in [0, 0.1) is 18.8 Å². The number of aromatic nitrogens is 3.